The van der Waals surface area contributed by atoms with Gasteiger partial charge in [0.05, 0.1) is 16.9 Å². The quantitative estimate of drug-likeness (QED) is 0.444. The number of hydrogen-bond acceptors (Lipinski definition) is 2. The number of rotatable bonds is 1. The van der Waals surface area contributed by atoms with Crippen LogP contribution < -0.4 is 0 Å². The molecule has 0 spiro atoms. The van der Waals surface area contributed by atoms with E-state index in [-0.39, 0.29) is 5.82 Å². The molecule has 0 saturated heterocycles. The Labute approximate surface area is 144 Å². The van der Waals surface area contributed by atoms with Gasteiger partial charge in [-0.2, -0.15) is 5.10 Å². The Bertz CT molecular complexity index is 1160. The standard InChI is InChI=1S/C21H16FN3/c1-12-9-20(23-19-8-7-15(22)11-17(12)19)25-21-16-6-4-3-5-14(16)10-18(21)13(2)24-25/h3-9,11H,10H2,1-2H3. The molecule has 0 saturated carbocycles. The molecule has 2 aromatic heterocycles. The second-order valence-electron chi connectivity index (χ2n) is 6.62. The lowest BCUT2D eigenvalue weighted by molar-refractivity contribution is 0.629. The molecule has 25 heavy (non-hydrogen) atoms. The molecule has 0 N–H and O–H groups in total. The summed E-state index contributed by atoms with van der Waals surface area (Å²) in [4.78, 5) is 4.74. The van der Waals surface area contributed by atoms with Crippen LogP contribution in [-0.4, -0.2) is 14.8 Å². The van der Waals surface area contributed by atoms with Gasteiger partial charge in [0.15, 0.2) is 5.82 Å². The van der Waals surface area contributed by atoms with Crippen LogP contribution in [0.25, 0.3) is 28.0 Å². The van der Waals surface area contributed by atoms with Crippen molar-refractivity contribution in [2.45, 2.75) is 20.3 Å². The highest BCUT2D eigenvalue weighted by atomic mass is 19.1. The minimum absolute atomic E-state index is 0.241. The maximum atomic E-state index is 13.5. The monoisotopic (exact) mass is 329 g/mol. The van der Waals surface area contributed by atoms with Gasteiger partial charge < -0.3 is 0 Å². The van der Waals surface area contributed by atoms with Crippen LogP contribution in [-0.2, 0) is 6.42 Å². The average Bonchev–Trinajstić information content (AvgIpc) is 3.13. The summed E-state index contributed by atoms with van der Waals surface area (Å²) in [5, 5.41) is 5.58. The topological polar surface area (TPSA) is 30.7 Å². The molecule has 1 aliphatic rings. The molecule has 2 aromatic carbocycles. The van der Waals surface area contributed by atoms with Crippen molar-refractivity contribution in [3.05, 3.63) is 76.7 Å². The predicted octanol–water partition coefficient (Wildman–Crippen LogP) is 4.75. The van der Waals surface area contributed by atoms with Crippen LogP contribution in [0.1, 0.15) is 22.4 Å². The van der Waals surface area contributed by atoms with Gasteiger partial charge in [0.1, 0.15) is 5.82 Å². The van der Waals surface area contributed by atoms with E-state index >= 15 is 0 Å². The number of halogens is 1. The van der Waals surface area contributed by atoms with Gasteiger partial charge in [0.25, 0.3) is 0 Å². The molecule has 0 aliphatic heterocycles. The molecule has 3 nitrogen and oxygen atoms in total. The Morgan fingerprint density at radius 2 is 1.88 bits per heavy atom. The summed E-state index contributed by atoms with van der Waals surface area (Å²) in [6, 6.07) is 15.1. The summed E-state index contributed by atoms with van der Waals surface area (Å²) in [5.41, 5.74) is 7.74. The van der Waals surface area contributed by atoms with E-state index in [0.29, 0.717) is 0 Å². The Kier molecular flexibility index (Phi) is 2.86. The zero-order chi connectivity index (χ0) is 17.1. The molecule has 4 aromatic rings. The molecular formula is C21H16FN3. The van der Waals surface area contributed by atoms with E-state index in [0.717, 1.165) is 40.1 Å². The second-order valence-corrected chi connectivity index (χ2v) is 6.62. The summed E-state index contributed by atoms with van der Waals surface area (Å²) in [6.07, 6.45) is 0.912. The molecule has 0 amide bonds. The maximum absolute atomic E-state index is 13.5. The van der Waals surface area contributed by atoms with E-state index in [2.05, 4.69) is 24.3 Å². The fraction of sp³-hybridized carbons (Fsp3) is 0.143. The van der Waals surface area contributed by atoms with Crippen LogP contribution in [0.3, 0.4) is 0 Å². The highest BCUT2D eigenvalue weighted by Gasteiger charge is 2.26. The third kappa shape index (κ3) is 2.03. The van der Waals surface area contributed by atoms with E-state index in [4.69, 9.17) is 10.1 Å². The maximum Gasteiger partial charge on any atom is 0.155 e. The molecule has 5 rings (SSSR count). The fourth-order valence-electron chi connectivity index (χ4n) is 3.77. The number of pyridine rings is 1. The van der Waals surface area contributed by atoms with E-state index in [1.807, 2.05) is 24.6 Å². The molecule has 2 heterocycles. The summed E-state index contributed by atoms with van der Waals surface area (Å²) in [6.45, 7) is 4.03. The molecule has 0 unspecified atom stereocenters. The third-order valence-electron chi connectivity index (χ3n) is 5.01. The Balaban J connectivity index is 1.78. The number of aryl methyl sites for hydroxylation is 2. The lowest BCUT2D eigenvalue weighted by Crippen LogP contribution is -2.03. The van der Waals surface area contributed by atoms with Gasteiger partial charge >= 0.3 is 0 Å². The zero-order valence-electron chi connectivity index (χ0n) is 14.0. The highest BCUT2D eigenvalue weighted by Crippen LogP contribution is 2.39. The largest absolute Gasteiger partial charge is 0.229 e. The van der Waals surface area contributed by atoms with Crippen molar-refractivity contribution in [3.63, 3.8) is 0 Å². The number of hydrogen-bond donors (Lipinski definition) is 0. The normalized spacial score (nSPS) is 12.4. The van der Waals surface area contributed by atoms with Crippen LogP contribution in [0.2, 0.25) is 0 Å². The Hall–Kier alpha value is -3.01. The molecule has 4 heteroatoms. The average molecular weight is 329 g/mol. The van der Waals surface area contributed by atoms with Crippen molar-refractivity contribution in [1.82, 2.24) is 14.8 Å². The minimum Gasteiger partial charge on any atom is -0.229 e. The first-order valence-electron chi connectivity index (χ1n) is 8.36. The predicted molar refractivity (Wildman–Crippen MR) is 96.5 cm³/mol. The molecule has 0 radical (unpaired) electrons. The smallest absolute Gasteiger partial charge is 0.155 e. The highest BCUT2D eigenvalue weighted by molar-refractivity contribution is 5.83. The molecule has 0 fully saturated rings. The summed E-state index contributed by atoms with van der Waals surface area (Å²) in [7, 11) is 0. The van der Waals surface area contributed by atoms with Crippen LogP contribution in [0.5, 0.6) is 0 Å². The van der Waals surface area contributed by atoms with E-state index < -0.39 is 0 Å². The first-order valence-corrected chi connectivity index (χ1v) is 8.36. The SMILES string of the molecule is Cc1nn(-c2cc(C)c3cc(F)ccc3n2)c2c1Cc1ccccc1-2. The van der Waals surface area contributed by atoms with Gasteiger partial charge in [-0.15, -0.1) is 0 Å². The summed E-state index contributed by atoms with van der Waals surface area (Å²) >= 11 is 0. The van der Waals surface area contributed by atoms with Gasteiger partial charge in [0.2, 0.25) is 0 Å². The van der Waals surface area contributed by atoms with Gasteiger partial charge in [0, 0.05) is 22.9 Å². The van der Waals surface area contributed by atoms with E-state index in [1.165, 1.54) is 28.8 Å². The first-order chi connectivity index (χ1) is 12.1. The number of benzene rings is 2. The lowest BCUT2D eigenvalue weighted by Gasteiger charge is -2.10. The first kappa shape index (κ1) is 14.3. The van der Waals surface area contributed by atoms with Gasteiger partial charge in [-0.1, -0.05) is 24.3 Å². The van der Waals surface area contributed by atoms with Crippen molar-refractivity contribution in [2.75, 3.05) is 0 Å². The van der Waals surface area contributed by atoms with Crippen molar-refractivity contribution < 1.29 is 4.39 Å². The van der Waals surface area contributed by atoms with E-state index in [1.54, 1.807) is 6.07 Å². The molecule has 122 valence electrons. The second kappa shape index (κ2) is 4.99. The minimum atomic E-state index is -0.241. The Morgan fingerprint density at radius 1 is 1.04 bits per heavy atom. The summed E-state index contributed by atoms with van der Waals surface area (Å²) in [5.74, 6) is 0.535. The lowest BCUT2D eigenvalue weighted by atomic mass is 10.1. The Morgan fingerprint density at radius 3 is 2.76 bits per heavy atom. The van der Waals surface area contributed by atoms with Crippen LogP contribution >= 0.6 is 0 Å². The number of nitrogens with zero attached hydrogens (tertiary/aromatic N) is 3. The van der Waals surface area contributed by atoms with Gasteiger partial charge in [-0.3, -0.25) is 0 Å². The summed E-state index contributed by atoms with van der Waals surface area (Å²) < 4.78 is 15.5. The molecule has 1 aliphatic carbocycles. The van der Waals surface area contributed by atoms with Crippen molar-refractivity contribution in [2.24, 2.45) is 0 Å². The van der Waals surface area contributed by atoms with Gasteiger partial charge in [-0.25, -0.2) is 14.1 Å². The molecule has 0 bridgehead atoms. The van der Waals surface area contributed by atoms with Crippen molar-refractivity contribution >= 4 is 10.9 Å². The zero-order valence-corrected chi connectivity index (χ0v) is 14.0. The van der Waals surface area contributed by atoms with Crippen molar-refractivity contribution in [1.29, 1.82) is 0 Å². The molecular weight excluding hydrogens is 313 g/mol. The third-order valence-corrected chi connectivity index (χ3v) is 5.01. The van der Waals surface area contributed by atoms with Crippen LogP contribution in [0, 0.1) is 19.7 Å². The van der Waals surface area contributed by atoms with Crippen molar-refractivity contribution in [3.8, 4) is 17.1 Å². The molecule has 0 atom stereocenters. The van der Waals surface area contributed by atoms with Crippen LogP contribution in [0.15, 0.2) is 48.5 Å². The van der Waals surface area contributed by atoms with Gasteiger partial charge in [-0.05, 0) is 49.2 Å². The van der Waals surface area contributed by atoms with Crippen LogP contribution in [0.4, 0.5) is 4.39 Å². The fourth-order valence-corrected chi connectivity index (χ4v) is 3.77. The number of fused-ring (bicyclic) bond motifs is 4. The number of aromatic nitrogens is 3. The van der Waals surface area contributed by atoms with E-state index in [9.17, 15) is 4.39 Å².